The smallest absolute Gasteiger partial charge is 0.329 e. The highest BCUT2D eigenvalue weighted by molar-refractivity contribution is 7.89. The number of rotatable bonds is 7. The van der Waals surface area contributed by atoms with E-state index in [9.17, 15) is 18.0 Å². The lowest BCUT2D eigenvalue weighted by molar-refractivity contribution is -0.139. The summed E-state index contributed by atoms with van der Waals surface area (Å²) in [6.07, 6.45) is 5.05. The number of benzene rings is 1. The first-order valence-corrected chi connectivity index (χ1v) is 11.2. The number of hydrogen-bond donors (Lipinski definition) is 3. The zero-order valence-electron chi connectivity index (χ0n) is 15.9. The number of hydrazone groups is 1. The first kappa shape index (κ1) is 22.0. The molecule has 3 N–H and O–H groups in total. The molecule has 1 saturated carbocycles. The number of furan rings is 1. The van der Waals surface area contributed by atoms with E-state index in [1.165, 1.54) is 30.5 Å². The second-order valence-corrected chi connectivity index (χ2v) is 8.94. The van der Waals surface area contributed by atoms with Crippen molar-refractivity contribution in [2.24, 2.45) is 5.10 Å². The summed E-state index contributed by atoms with van der Waals surface area (Å²) < 4.78 is 32.4. The Balaban J connectivity index is 1.47. The van der Waals surface area contributed by atoms with Gasteiger partial charge >= 0.3 is 11.8 Å². The normalized spacial score (nSPS) is 14.8. The van der Waals surface area contributed by atoms with E-state index in [2.05, 4.69) is 20.6 Å². The lowest BCUT2D eigenvalue weighted by Crippen LogP contribution is -2.42. The van der Waals surface area contributed by atoms with Crippen LogP contribution >= 0.6 is 11.6 Å². The number of hydrogen-bond acceptors (Lipinski definition) is 6. The average molecular weight is 453 g/mol. The molecule has 3 rings (SSSR count). The van der Waals surface area contributed by atoms with Crippen LogP contribution in [0.5, 0.6) is 0 Å². The van der Waals surface area contributed by atoms with Gasteiger partial charge in [0.2, 0.25) is 10.0 Å². The van der Waals surface area contributed by atoms with Crippen molar-refractivity contribution in [2.45, 2.75) is 43.2 Å². The number of halogens is 1. The molecule has 160 valence electrons. The highest BCUT2D eigenvalue weighted by atomic mass is 35.5. The van der Waals surface area contributed by atoms with Gasteiger partial charge in [0.1, 0.15) is 11.5 Å². The van der Waals surface area contributed by atoms with Crippen LogP contribution in [0.15, 0.2) is 50.8 Å². The third-order valence-corrected chi connectivity index (χ3v) is 6.17. The van der Waals surface area contributed by atoms with Crippen LogP contribution in [0.4, 0.5) is 0 Å². The summed E-state index contributed by atoms with van der Waals surface area (Å²) in [4.78, 5) is 23.6. The van der Waals surface area contributed by atoms with Crippen molar-refractivity contribution in [2.75, 3.05) is 0 Å². The molecule has 1 aliphatic rings. The van der Waals surface area contributed by atoms with Gasteiger partial charge in [0.15, 0.2) is 0 Å². The minimum absolute atomic E-state index is 0.0384. The molecule has 2 aromatic rings. The Morgan fingerprint density at radius 1 is 1.10 bits per heavy atom. The van der Waals surface area contributed by atoms with Crippen LogP contribution in [-0.4, -0.2) is 32.5 Å². The third kappa shape index (κ3) is 6.15. The summed E-state index contributed by atoms with van der Waals surface area (Å²) >= 11 is 5.76. The molecule has 0 unspecified atom stereocenters. The number of carbonyl (C=O) groups excluding carboxylic acids is 2. The van der Waals surface area contributed by atoms with E-state index < -0.39 is 21.8 Å². The van der Waals surface area contributed by atoms with E-state index in [0.717, 1.165) is 25.7 Å². The molecule has 2 amide bonds. The third-order valence-electron chi connectivity index (χ3n) is 4.50. The minimum Gasteiger partial charge on any atom is -0.459 e. The van der Waals surface area contributed by atoms with E-state index >= 15 is 0 Å². The first-order chi connectivity index (χ1) is 14.3. The summed E-state index contributed by atoms with van der Waals surface area (Å²) in [7, 11) is -3.72. The molecule has 1 heterocycles. The molecule has 1 aromatic carbocycles. The lowest BCUT2D eigenvalue weighted by atomic mass is 10.2. The molecule has 0 aliphatic heterocycles. The highest BCUT2D eigenvalue weighted by Gasteiger charge is 2.21. The molecule has 0 spiro atoms. The molecular weight excluding hydrogens is 432 g/mol. The summed E-state index contributed by atoms with van der Waals surface area (Å²) in [5.74, 6) is -0.956. The van der Waals surface area contributed by atoms with Gasteiger partial charge in [-0.05, 0) is 49.2 Å². The predicted molar refractivity (Wildman–Crippen MR) is 110 cm³/mol. The van der Waals surface area contributed by atoms with Gasteiger partial charge in [0.05, 0.1) is 17.7 Å². The molecule has 1 aliphatic carbocycles. The molecule has 0 saturated heterocycles. The molecule has 0 atom stereocenters. The molecule has 0 radical (unpaired) electrons. The van der Waals surface area contributed by atoms with Crippen molar-refractivity contribution >= 4 is 39.7 Å². The van der Waals surface area contributed by atoms with Crippen LogP contribution in [0.1, 0.15) is 37.2 Å². The number of sulfonamides is 1. The Kier molecular flexibility index (Phi) is 7.24. The minimum atomic E-state index is -3.72. The van der Waals surface area contributed by atoms with Gasteiger partial charge in [0, 0.05) is 11.1 Å². The molecule has 11 heteroatoms. The molecule has 9 nitrogen and oxygen atoms in total. The van der Waals surface area contributed by atoms with Crippen molar-refractivity contribution in [3.8, 4) is 0 Å². The maximum Gasteiger partial charge on any atom is 0.329 e. The second-order valence-electron chi connectivity index (χ2n) is 6.74. The number of amides is 2. The van der Waals surface area contributed by atoms with Gasteiger partial charge in [0.25, 0.3) is 0 Å². The van der Waals surface area contributed by atoms with Gasteiger partial charge in [-0.1, -0.05) is 24.4 Å². The number of carbonyl (C=O) groups is 2. The lowest BCUT2D eigenvalue weighted by Gasteiger charge is -2.09. The molecule has 1 fully saturated rings. The standard InChI is InChI=1S/C19H21ClN4O5S/c20-13-5-9-17(10-6-13)30(27,28)22-12-16-8-7-15(29-16)11-21-24-19(26)18(25)23-14-3-1-2-4-14/h5-11,14,22H,1-4,12H2,(H,23,25)(H,24,26)/b21-11+. The van der Waals surface area contributed by atoms with Crippen LogP contribution in [0, 0.1) is 0 Å². The quantitative estimate of drug-likeness (QED) is 0.335. The Labute approximate surface area is 178 Å². The summed E-state index contributed by atoms with van der Waals surface area (Å²) in [6.45, 7) is -0.0745. The van der Waals surface area contributed by atoms with Gasteiger partial charge < -0.3 is 9.73 Å². The topological polar surface area (TPSA) is 130 Å². The fraction of sp³-hybridized carbons (Fsp3) is 0.316. The Bertz CT molecular complexity index is 1030. The zero-order valence-corrected chi connectivity index (χ0v) is 17.5. The maximum absolute atomic E-state index is 12.3. The molecule has 30 heavy (non-hydrogen) atoms. The Hall–Kier alpha value is -2.69. The van der Waals surface area contributed by atoms with Crippen LogP contribution in [0.25, 0.3) is 0 Å². The van der Waals surface area contributed by atoms with E-state index in [1.54, 1.807) is 12.1 Å². The number of nitrogens with one attached hydrogen (secondary N) is 3. The van der Waals surface area contributed by atoms with Crippen LogP contribution in [0.2, 0.25) is 5.02 Å². The van der Waals surface area contributed by atoms with E-state index in [-0.39, 0.29) is 23.2 Å². The van der Waals surface area contributed by atoms with Gasteiger partial charge in [-0.2, -0.15) is 5.10 Å². The van der Waals surface area contributed by atoms with Crippen molar-refractivity contribution in [3.05, 3.63) is 52.9 Å². The van der Waals surface area contributed by atoms with E-state index in [1.807, 2.05) is 0 Å². The zero-order chi connectivity index (χ0) is 21.6. The predicted octanol–water partition coefficient (Wildman–Crippen LogP) is 1.92. The summed E-state index contributed by atoms with van der Waals surface area (Å²) in [5.41, 5.74) is 2.13. The van der Waals surface area contributed by atoms with E-state index in [4.69, 9.17) is 16.0 Å². The summed E-state index contributed by atoms with van der Waals surface area (Å²) in [5, 5.41) is 6.78. The molecule has 1 aromatic heterocycles. The average Bonchev–Trinajstić information content (AvgIpc) is 3.39. The van der Waals surface area contributed by atoms with Crippen LogP contribution in [0.3, 0.4) is 0 Å². The van der Waals surface area contributed by atoms with Crippen LogP contribution in [-0.2, 0) is 26.2 Å². The number of nitrogens with zero attached hydrogens (tertiary/aromatic N) is 1. The van der Waals surface area contributed by atoms with Gasteiger partial charge in [-0.25, -0.2) is 18.6 Å². The highest BCUT2D eigenvalue weighted by Crippen LogP contribution is 2.17. The fourth-order valence-corrected chi connectivity index (χ4v) is 4.07. The Morgan fingerprint density at radius 2 is 1.80 bits per heavy atom. The second kappa shape index (κ2) is 9.88. The van der Waals surface area contributed by atoms with E-state index in [0.29, 0.717) is 10.8 Å². The molecular formula is C19H21ClN4O5S. The van der Waals surface area contributed by atoms with Crippen molar-refractivity contribution < 1.29 is 22.4 Å². The fourth-order valence-electron chi connectivity index (χ4n) is 2.95. The van der Waals surface area contributed by atoms with Crippen molar-refractivity contribution in [1.29, 1.82) is 0 Å². The first-order valence-electron chi connectivity index (χ1n) is 9.31. The monoisotopic (exact) mass is 452 g/mol. The van der Waals surface area contributed by atoms with Crippen molar-refractivity contribution in [3.63, 3.8) is 0 Å². The van der Waals surface area contributed by atoms with Crippen molar-refractivity contribution in [1.82, 2.24) is 15.5 Å². The Morgan fingerprint density at radius 3 is 2.50 bits per heavy atom. The molecule has 0 bridgehead atoms. The van der Waals surface area contributed by atoms with Crippen LogP contribution < -0.4 is 15.5 Å². The largest absolute Gasteiger partial charge is 0.459 e. The summed E-state index contributed by atoms with van der Waals surface area (Å²) in [6, 6.07) is 8.93. The van der Waals surface area contributed by atoms with Gasteiger partial charge in [-0.15, -0.1) is 0 Å². The maximum atomic E-state index is 12.3. The van der Waals surface area contributed by atoms with Gasteiger partial charge in [-0.3, -0.25) is 9.59 Å². The SMILES string of the molecule is O=C(N/N=C/c1ccc(CNS(=O)(=O)c2ccc(Cl)cc2)o1)C(=O)NC1CCCC1.